The third-order valence-corrected chi connectivity index (χ3v) is 6.25. The summed E-state index contributed by atoms with van der Waals surface area (Å²) in [6.45, 7) is 4.59. The van der Waals surface area contributed by atoms with Crippen LogP contribution in [0.5, 0.6) is 0 Å². The van der Waals surface area contributed by atoms with Gasteiger partial charge < -0.3 is 15.0 Å². The SMILES string of the molecule is CN(CCC1CCOCC1)C(=O)CC1C(=O)NCCN1Cc1cccs1. The Kier molecular flexibility index (Phi) is 7.05. The van der Waals surface area contributed by atoms with E-state index in [9.17, 15) is 9.59 Å². The number of nitrogens with zero attached hydrogens (tertiary/aromatic N) is 2. The molecule has 1 aromatic rings. The maximum atomic E-state index is 12.7. The van der Waals surface area contributed by atoms with Crippen molar-refractivity contribution in [2.75, 3.05) is 39.9 Å². The highest BCUT2D eigenvalue weighted by Gasteiger charge is 2.32. The monoisotopic (exact) mass is 379 g/mol. The molecule has 1 unspecified atom stereocenters. The van der Waals surface area contributed by atoms with E-state index < -0.39 is 0 Å². The second-order valence-electron chi connectivity index (χ2n) is 7.22. The zero-order valence-corrected chi connectivity index (χ0v) is 16.3. The predicted molar refractivity (Wildman–Crippen MR) is 102 cm³/mol. The van der Waals surface area contributed by atoms with Crippen LogP contribution in [0.25, 0.3) is 0 Å². The van der Waals surface area contributed by atoms with Crippen molar-refractivity contribution in [3.8, 4) is 0 Å². The summed E-state index contributed by atoms with van der Waals surface area (Å²) in [5, 5.41) is 4.95. The van der Waals surface area contributed by atoms with E-state index in [0.717, 1.165) is 52.1 Å². The number of rotatable bonds is 7. The molecule has 1 N–H and O–H groups in total. The molecular formula is C19H29N3O3S. The number of piperazine rings is 1. The highest BCUT2D eigenvalue weighted by atomic mass is 32.1. The van der Waals surface area contributed by atoms with Gasteiger partial charge in [-0.3, -0.25) is 14.5 Å². The Morgan fingerprint density at radius 1 is 1.42 bits per heavy atom. The molecule has 7 heteroatoms. The Labute approximate surface area is 159 Å². The summed E-state index contributed by atoms with van der Waals surface area (Å²) in [5.74, 6) is 0.668. The molecule has 3 rings (SSSR count). The lowest BCUT2D eigenvalue weighted by atomic mass is 9.96. The molecule has 0 radical (unpaired) electrons. The highest BCUT2D eigenvalue weighted by Crippen LogP contribution is 2.20. The van der Waals surface area contributed by atoms with E-state index in [0.29, 0.717) is 12.5 Å². The summed E-state index contributed by atoms with van der Waals surface area (Å²) in [6, 6.07) is 3.73. The van der Waals surface area contributed by atoms with E-state index in [-0.39, 0.29) is 24.3 Å². The topological polar surface area (TPSA) is 61.9 Å². The number of thiophene rings is 1. The van der Waals surface area contributed by atoms with Crippen molar-refractivity contribution >= 4 is 23.2 Å². The van der Waals surface area contributed by atoms with Crippen molar-refractivity contribution in [1.82, 2.24) is 15.1 Å². The van der Waals surface area contributed by atoms with Crippen molar-refractivity contribution in [2.45, 2.75) is 38.3 Å². The predicted octanol–water partition coefficient (Wildman–Crippen LogP) is 1.71. The van der Waals surface area contributed by atoms with Crippen LogP contribution in [-0.2, 0) is 20.9 Å². The first-order valence-corrected chi connectivity index (χ1v) is 10.4. The zero-order chi connectivity index (χ0) is 18.4. The van der Waals surface area contributed by atoms with Crippen LogP contribution in [-0.4, -0.2) is 67.6 Å². The first-order chi connectivity index (χ1) is 12.6. The molecule has 0 saturated carbocycles. The standard InChI is InChI=1S/C19H29N3O3S/c1-21(8-4-15-5-10-25-11-6-15)18(23)13-17-19(24)20-7-9-22(17)14-16-3-2-12-26-16/h2-3,12,15,17H,4-11,13-14H2,1H3,(H,20,24). The molecule has 0 bridgehead atoms. The van der Waals surface area contributed by atoms with Crippen molar-refractivity contribution in [1.29, 1.82) is 0 Å². The van der Waals surface area contributed by atoms with Crippen LogP contribution in [0.4, 0.5) is 0 Å². The average molecular weight is 380 g/mol. The van der Waals surface area contributed by atoms with Gasteiger partial charge in [0.25, 0.3) is 0 Å². The first kappa shape index (κ1) is 19.3. The Morgan fingerprint density at radius 2 is 2.23 bits per heavy atom. The summed E-state index contributed by atoms with van der Waals surface area (Å²) in [7, 11) is 1.85. The number of ether oxygens (including phenoxy) is 1. The second-order valence-corrected chi connectivity index (χ2v) is 8.25. The lowest BCUT2D eigenvalue weighted by molar-refractivity contribution is -0.138. The zero-order valence-electron chi connectivity index (χ0n) is 15.5. The van der Waals surface area contributed by atoms with Crippen LogP contribution in [0.2, 0.25) is 0 Å². The number of nitrogens with one attached hydrogen (secondary N) is 1. The van der Waals surface area contributed by atoms with E-state index in [1.165, 1.54) is 4.88 Å². The maximum absolute atomic E-state index is 12.7. The molecule has 2 fully saturated rings. The molecule has 2 aliphatic heterocycles. The Hall–Kier alpha value is -1.44. The molecule has 0 aliphatic carbocycles. The fraction of sp³-hybridized carbons (Fsp3) is 0.684. The Bertz CT molecular complexity index is 587. The third-order valence-electron chi connectivity index (χ3n) is 5.39. The van der Waals surface area contributed by atoms with Gasteiger partial charge in [-0.1, -0.05) is 6.07 Å². The number of carbonyl (C=O) groups excluding carboxylic acids is 2. The van der Waals surface area contributed by atoms with Crippen LogP contribution >= 0.6 is 11.3 Å². The quantitative estimate of drug-likeness (QED) is 0.784. The second kappa shape index (κ2) is 9.48. The van der Waals surface area contributed by atoms with Crippen LogP contribution in [0.3, 0.4) is 0 Å². The minimum absolute atomic E-state index is 0.0287. The summed E-state index contributed by atoms with van der Waals surface area (Å²) in [6.07, 6.45) is 3.44. The van der Waals surface area contributed by atoms with Crippen LogP contribution < -0.4 is 5.32 Å². The van der Waals surface area contributed by atoms with Crippen LogP contribution in [0.1, 0.15) is 30.6 Å². The van der Waals surface area contributed by atoms with Crippen molar-refractivity contribution in [2.24, 2.45) is 5.92 Å². The highest BCUT2D eigenvalue weighted by molar-refractivity contribution is 7.09. The van der Waals surface area contributed by atoms with Gasteiger partial charge in [-0.15, -0.1) is 11.3 Å². The Balaban J connectivity index is 1.51. The van der Waals surface area contributed by atoms with Crippen molar-refractivity contribution < 1.29 is 14.3 Å². The van der Waals surface area contributed by atoms with Crippen molar-refractivity contribution in [3.05, 3.63) is 22.4 Å². The summed E-state index contributed by atoms with van der Waals surface area (Å²) >= 11 is 1.69. The maximum Gasteiger partial charge on any atom is 0.237 e. The molecule has 144 valence electrons. The lowest BCUT2D eigenvalue weighted by Crippen LogP contribution is -2.56. The van der Waals surface area contributed by atoms with Crippen molar-refractivity contribution in [3.63, 3.8) is 0 Å². The van der Waals surface area contributed by atoms with Crippen LogP contribution in [0.15, 0.2) is 17.5 Å². The van der Waals surface area contributed by atoms with Crippen LogP contribution in [0, 0.1) is 5.92 Å². The van der Waals surface area contributed by atoms with Gasteiger partial charge in [0.15, 0.2) is 0 Å². The lowest BCUT2D eigenvalue weighted by Gasteiger charge is -2.35. The van der Waals surface area contributed by atoms with Gasteiger partial charge in [0.05, 0.1) is 12.5 Å². The number of carbonyl (C=O) groups is 2. The summed E-state index contributed by atoms with van der Waals surface area (Å²) in [5.41, 5.74) is 0. The molecule has 0 aromatic carbocycles. The molecule has 3 heterocycles. The van der Waals surface area contributed by atoms with Gasteiger partial charge >= 0.3 is 0 Å². The normalized spacial score (nSPS) is 22.2. The molecule has 6 nitrogen and oxygen atoms in total. The fourth-order valence-corrected chi connectivity index (χ4v) is 4.36. The van der Waals surface area contributed by atoms with Gasteiger partial charge in [-0.25, -0.2) is 0 Å². The number of amides is 2. The first-order valence-electron chi connectivity index (χ1n) is 9.49. The molecule has 2 aliphatic rings. The molecule has 2 saturated heterocycles. The number of hydrogen-bond acceptors (Lipinski definition) is 5. The molecule has 1 atom stereocenters. The molecule has 1 aromatic heterocycles. The largest absolute Gasteiger partial charge is 0.381 e. The summed E-state index contributed by atoms with van der Waals surface area (Å²) in [4.78, 5) is 30.2. The van der Waals surface area contributed by atoms with E-state index in [4.69, 9.17) is 4.74 Å². The number of hydrogen-bond donors (Lipinski definition) is 1. The Morgan fingerprint density at radius 3 is 2.96 bits per heavy atom. The van der Waals surface area contributed by atoms with E-state index in [1.54, 1.807) is 16.2 Å². The van der Waals surface area contributed by atoms with Gasteiger partial charge in [0, 0.05) is 51.3 Å². The van der Waals surface area contributed by atoms with Gasteiger partial charge in [-0.05, 0) is 36.6 Å². The molecule has 26 heavy (non-hydrogen) atoms. The van der Waals surface area contributed by atoms with Gasteiger partial charge in [0.2, 0.25) is 11.8 Å². The molecule has 2 amide bonds. The average Bonchev–Trinajstić information content (AvgIpc) is 3.16. The smallest absolute Gasteiger partial charge is 0.237 e. The fourth-order valence-electron chi connectivity index (χ4n) is 3.63. The van der Waals surface area contributed by atoms with E-state index in [1.807, 2.05) is 18.5 Å². The van der Waals surface area contributed by atoms with Gasteiger partial charge in [-0.2, -0.15) is 0 Å². The molecular weight excluding hydrogens is 350 g/mol. The molecule has 0 spiro atoms. The van der Waals surface area contributed by atoms with E-state index >= 15 is 0 Å². The third kappa shape index (κ3) is 5.28. The minimum Gasteiger partial charge on any atom is -0.381 e. The van der Waals surface area contributed by atoms with Gasteiger partial charge in [0.1, 0.15) is 0 Å². The van der Waals surface area contributed by atoms with E-state index in [2.05, 4.69) is 16.3 Å². The minimum atomic E-state index is -0.371. The summed E-state index contributed by atoms with van der Waals surface area (Å²) < 4.78 is 5.39.